The van der Waals surface area contributed by atoms with Crippen LogP contribution < -0.4 is 10.0 Å². The Morgan fingerprint density at radius 2 is 2.16 bits per heavy atom. The predicted molar refractivity (Wildman–Crippen MR) is 73.3 cm³/mol. The molecule has 19 heavy (non-hydrogen) atoms. The summed E-state index contributed by atoms with van der Waals surface area (Å²) in [6, 6.07) is 6.84. The highest BCUT2D eigenvalue weighted by Gasteiger charge is 2.32. The summed E-state index contributed by atoms with van der Waals surface area (Å²) in [6.07, 6.45) is 0. The molecule has 0 radical (unpaired) electrons. The average Bonchev–Trinajstić information content (AvgIpc) is 2.61. The van der Waals surface area contributed by atoms with E-state index in [2.05, 4.69) is 15.9 Å². The topological polar surface area (TPSA) is 60.4 Å². The lowest BCUT2D eigenvalue weighted by Gasteiger charge is -2.19. The lowest BCUT2D eigenvalue weighted by atomic mass is 10.1. The predicted octanol–water partition coefficient (Wildman–Crippen LogP) is 1.97. The average molecular weight is 340 g/mol. The summed E-state index contributed by atoms with van der Waals surface area (Å²) in [6.45, 7) is -0.483. The Morgan fingerprint density at radius 3 is 2.84 bits per heavy atom. The van der Waals surface area contributed by atoms with Crippen LogP contribution in [-0.4, -0.2) is 18.4 Å². The number of aliphatic carboxylic acids is 1. The fourth-order valence-electron chi connectivity index (χ4n) is 2.35. The van der Waals surface area contributed by atoms with Gasteiger partial charge in [0.1, 0.15) is 0 Å². The third-order valence-corrected chi connectivity index (χ3v) is 3.99. The molecule has 6 heteroatoms. The Bertz CT molecular complexity index is 744. The molecule has 4 nitrogen and oxygen atoms in total. The van der Waals surface area contributed by atoms with Crippen molar-refractivity contribution in [3.8, 4) is 0 Å². The minimum absolute atomic E-state index is 0.354. The van der Waals surface area contributed by atoms with Crippen molar-refractivity contribution in [2.75, 3.05) is 11.4 Å². The Labute approximate surface area is 121 Å². The maximum Gasteiger partial charge on any atom is 0.259 e. The molecule has 0 saturated carbocycles. The van der Waals surface area contributed by atoms with E-state index in [0.29, 0.717) is 26.1 Å². The van der Waals surface area contributed by atoms with Crippen LogP contribution in [0.4, 0.5) is 5.69 Å². The molecule has 2 aromatic rings. The van der Waals surface area contributed by atoms with E-state index < -0.39 is 12.5 Å². The normalized spacial score (nSPS) is 13.4. The third kappa shape index (κ3) is 1.73. The number of halogens is 2. The van der Waals surface area contributed by atoms with E-state index in [1.807, 2.05) is 0 Å². The highest BCUT2D eigenvalue weighted by molar-refractivity contribution is 9.10. The second kappa shape index (κ2) is 4.21. The number of nitrogens with zero attached hydrogens (tertiary/aromatic N) is 1. The van der Waals surface area contributed by atoms with Crippen LogP contribution in [0.25, 0.3) is 10.8 Å². The van der Waals surface area contributed by atoms with E-state index in [9.17, 15) is 14.7 Å². The van der Waals surface area contributed by atoms with E-state index >= 15 is 0 Å². The van der Waals surface area contributed by atoms with Gasteiger partial charge >= 0.3 is 0 Å². The van der Waals surface area contributed by atoms with Gasteiger partial charge in [-0.15, -0.1) is 0 Å². The molecule has 0 fully saturated rings. The van der Waals surface area contributed by atoms with Crippen molar-refractivity contribution in [1.29, 1.82) is 0 Å². The van der Waals surface area contributed by atoms with Crippen LogP contribution >= 0.6 is 27.5 Å². The Kier molecular flexibility index (Phi) is 2.76. The van der Waals surface area contributed by atoms with Crippen molar-refractivity contribution in [2.45, 2.75) is 0 Å². The minimum atomic E-state index is -1.31. The lowest BCUT2D eigenvalue weighted by Crippen LogP contribution is -2.39. The number of carbonyl (C=O) groups is 2. The first kappa shape index (κ1) is 12.4. The zero-order valence-corrected chi connectivity index (χ0v) is 11.8. The number of anilines is 1. The maximum absolute atomic E-state index is 12.2. The Morgan fingerprint density at radius 1 is 1.42 bits per heavy atom. The number of hydrogen-bond donors (Lipinski definition) is 0. The highest BCUT2D eigenvalue weighted by atomic mass is 79.9. The summed E-state index contributed by atoms with van der Waals surface area (Å²) in [5.41, 5.74) is 0.987. The smallest absolute Gasteiger partial charge is 0.259 e. The van der Waals surface area contributed by atoms with Gasteiger partial charge in [0.25, 0.3) is 5.91 Å². The first-order valence-electron chi connectivity index (χ1n) is 5.43. The number of carbonyl (C=O) groups excluding carboxylic acids is 2. The number of benzene rings is 2. The summed E-state index contributed by atoms with van der Waals surface area (Å²) in [5, 5.41) is 12.7. The number of carboxylic acid groups (broad SMARTS) is 1. The van der Waals surface area contributed by atoms with Crippen molar-refractivity contribution < 1.29 is 14.7 Å². The Balaban J connectivity index is 2.37. The fourth-order valence-corrected chi connectivity index (χ4v) is 3.39. The molecule has 0 N–H and O–H groups in total. The van der Waals surface area contributed by atoms with E-state index in [0.717, 1.165) is 5.39 Å². The molecule has 0 atom stereocenters. The van der Waals surface area contributed by atoms with Gasteiger partial charge in [-0.3, -0.25) is 4.79 Å². The number of amides is 1. The molecule has 0 spiro atoms. The molecular formula is C13H6BrClNO3-. The number of rotatable bonds is 2. The van der Waals surface area contributed by atoms with Gasteiger partial charge in [0.15, 0.2) is 0 Å². The maximum atomic E-state index is 12.2. The van der Waals surface area contributed by atoms with Crippen molar-refractivity contribution in [1.82, 2.24) is 0 Å². The summed E-state index contributed by atoms with van der Waals surface area (Å²) in [5.74, 6) is -1.66. The van der Waals surface area contributed by atoms with Crippen molar-refractivity contribution in [2.24, 2.45) is 0 Å². The lowest BCUT2D eigenvalue weighted by molar-refractivity contribution is -0.303. The van der Waals surface area contributed by atoms with Crippen molar-refractivity contribution in [3.63, 3.8) is 0 Å². The van der Waals surface area contributed by atoms with Gasteiger partial charge in [-0.2, -0.15) is 0 Å². The van der Waals surface area contributed by atoms with Crippen LogP contribution in [0.5, 0.6) is 0 Å². The molecule has 1 amide bonds. The number of carboxylic acids is 1. The minimum Gasteiger partial charge on any atom is -0.548 e. The molecule has 96 valence electrons. The molecule has 1 aliphatic rings. The van der Waals surface area contributed by atoms with Crippen molar-refractivity contribution in [3.05, 3.63) is 39.3 Å². The second-order valence-corrected chi connectivity index (χ2v) is 5.44. The summed E-state index contributed by atoms with van der Waals surface area (Å²) >= 11 is 9.47. The van der Waals surface area contributed by atoms with Gasteiger partial charge in [0.05, 0.1) is 18.2 Å². The van der Waals surface area contributed by atoms with Crippen LogP contribution in [0.3, 0.4) is 0 Å². The molecule has 0 bridgehead atoms. The molecular weight excluding hydrogens is 334 g/mol. The first-order valence-corrected chi connectivity index (χ1v) is 6.60. The molecule has 0 aromatic heterocycles. The van der Waals surface area contributed by atoms with Crippen molar-refractivity contribution >= 4 is 55.9 Å². The van der Waals surface area contributed by atoms with Crippen LogP contribution in [0.2, 0.25) is 5.02 Å². The molecule has 3 rings (SSSR count). The first-order chi connectivity index (χ1) is 9.00. The van der Waals surface area contributed by atoms with Gasteiger partial charge < -0.3 is 14.8 Å². The van der Waals surface area contributed by atoms with Crippen LogP contribution in [0.1, 0.15) is 10.4 Å². The van der Waals surface area contributed by atoms with E-state index in [1.165, 1.54) is 4.90 Å². The fraction of sp³-hybridized carbons (Fsp3) is 0.0769. The largest absolute Gasteiger partial charge is 0.548 e. The summed E-state index contributed by atoms with van der Waals surface area (Å²) in [7, 11) is 0. The zero-order valence-electron chi connectivity index (χ0n) is 9.44. The van der Waals surface area contributed by atoms with Crippen LogP contribution in [-0.2, 0) is 4.79 Å². The summed E-state index contributed by atoms with van der Waals surface area (Å²) in [4.78, 5) is 24.2. The molecule has 1 aliphatic heterocycles. The van der Waals surface area contributed by atoms with Gasteiger partial charge in [0, 0.05) is 25.8 Å². The van der Waals surface area contributed by atoms with Gasteiger partial charge in [0.2, 0.25) is 0 Å². The van der Waals surface area contributed by atoms with E-state index in [4.69, 9.17) is 11.6 Å². The van der Waals surface area contributed by atoms with Crippen LogP contribution in [0, 0.1) is 0 Å². The van der Waals surface area contributed by atoms with Gasteiger partial charge in [-0.1, -0.05) is 23.7 Å². The SMILES string of the molecule is O=C([O-])CN1C(=O)c2cccc3c(Cl)cc(Br)c1c23. The third-order valence-electron chi connectivity index (χ3n) is 3.07. The quantitative estimate of drug-likeness (QED) is 0.840. The number of hydrogen-bond acceptors (Lipinski definition) is 3. The van der Waals surface area contributed by atoms with Gasteiger partial charge in [-0.25, -0.2) is 0 Å². The second-order valence-electron chi connectivity index (χ2n) is 4.18. The van der Waals surface area contributed by atoms with Gasteiger partial charge in [-0.05, 0) is 28.1 Å². The molecule has 1 heterocycles. The molecule has 0 saturated heterocycles. The summed E-state index contributed by atoms with van der Waals surface area (Å²) < 4.78 is 0.588. The zero-order chi connectivity index (χ0) is 13.7. The monoisotopic (exact) mass is 338 g/mol. The molecule has 0 aliphatic carbocycles. The molecule has 2 aromatic carbocycles. The van der Waals surface area contributed by atoms with Crippen LogP contribution in [0.15, 0.2) is 28.7 Å². The van der Waals surface area contributed by atoms with E-state index in [-0.39, 0.29) is 5.91 Å². The molecule has 0 unspecified atom stereocenters. The highest BCUT2D eigenvalue weighted by Crippen LogP contribution is 2.45. The Hall–Kier alpha value is -1.59. The standard InChI is InChI=1S/C13H7BrClNO3/c14-8-4-9(15)6-2-1-3-7-11(6)12(8)16(13(7)19)5-10(17)18/h1-4H,5H2,(H,17,18)/p-1. The van der Waals surface area contributed by atoms with E-state index in [1.54, 1.807) is 24.3 Å².